The van der Waals surface area contributed by atoms with Crippen LogP contribution in [0, 0.1) is 6.92 Å². The molecule has 3 rings (SSSR count). The fraction of sp³-hybridized carbons (Fsp3) is 0.235. The highest BCUT2D eigenvalue weighted by molar-refractivity contribution is 9.10. The zero-order valence-corrected chi connectivity index (χ0v) is 13.4. The molecule has 1 heterocycles. The highest BCUT2D eigenvalue weighted by Crippen LogP contribution is 2.36. The van der Waals surface area contributed by atoms with E-state index in [2.05, 4.69) is 15.9 Å². The Labute approximate surface area is 132 Å². The predicted octanol–water partition coefficient (Wildman–Crippen LogP) is 4.06. The van der Waals surface area contributed by atoms with Gasteiger partial charge in [0, 0.05) is 16.6 Å². The van der Waals surface area contributed by atoms with Crippen molar-refractivity contribution in [3.8, 4) is 5.75 Å². The number of amides is 1. The second kappa shape index (κ2) is 5.53. The number of carbonyl (C=O) groups excluding carboxylic acids is 1. The first kappa shape index (κ1) is 14.1. The average Bonchev–Trinajstić information content (AvgIpc) is 2.49. The smallest absolute Gasteiger partial charge is 0.258 e. The summed E-state index contributed by atoms with van der Waals surface area (Å²) < 4.78 is 0.987. The molecule has 0 aromatic heterocycles. The van der Waals surface area contributed by atoms with Gasteiger partial charge in [-0.25, -0.2) is 0 Å². The van der Waals surface area contributed by atoms with Crippen LogP contribution in [0.5, 0.6) is 5.75 Å². The zero-order valence-electron chi connectivity index (χ0n) is 11.8. The summed E-state index contributed by atoms with van der Waals surface area (Å²) in [5.74, 6) is 0.113. The number of anilines is 1. The van der Waals surface area contributed by atoms with Gasteiger partial charge < -0.3 is 10.0 Å². The molecule has 4 heteroatoms. The molecule has 0 saturated heterocycles. The first-order valence-electron chi connectivity index (χ1n) is 6.97. The van der Waals surface area contributed by atoms with Crippen molar-refractivity contribution in [3.05, 3.63) is 57.6 Å². The maximum Gasteiger partial charge on any atom is 0.258 e. The van der Waals surface area contributed by atoms with Crippen LogP contribution in [0.1, 0.15) is 27.9 Å². The van der Waals surface area contributed by atoms with Crippen LogP contribution in [0.4, 0.5) is 5.69 Å². The number of aryl methyl sites for hydroxylation is 2. The molecule has 1 N–H and O–H groups in total. The lowest BCUT2D eigenvalue weighted by Crippen LogP contribution is -2.35. The first-order valence-corrected chi connectivity index (χ1v) is 7.76. The number of para-hydroxylation sites is 1. The SMILES string of the molecule is Cc1cc(C(=O)N2CCCc3cccc(O)c32)ccc1Br. The topological polar surface area (TPSA) is 40.5 Å². The highest BCUT2D eigenvalue weighted by atomic mass is 79.9. The Morgan fingerprint density at radius 1 is 1.29 bits per heavy atom. The van der Waals surface area contributed by atoms with Crippen molar-refractivity contribution in [3.63, 3.8) is 0 Å². The van der Waals surface area contributed by atoms with Gasteiger partial charge >= 0.3 is 0 Å². The highest BCUT2D eigenvalue weighted by Gasteiger charge is 2.26. The molecule has 108 valence electrons. The predicted molar refractivity (Wildman–Crippen MR) is 87.0 cm³/mol. The molecule has 0 atom stereocenters. The maximum atomic E-state index is 12.8. The van der Waals surface area contributed by atoms with Crippen LogP contribution in [-0.4, -0.2) is 17.6 Å². The molecule has 0 saturated carbocycles. The summed E-state index contributed by atoms with van der Waals surface area (Å²) in [6.07, 6.45) is 1.81. The third kappa shape index (κ3) is 2.56. The Kier molecular flexibility index (Phi) is 3.72. The van der Waals surface area contributed by atoms with E-state index in [1.165, 1.54) is 0 Å². The number of carbonyl (C=O) groups is 1. The van der Waals surface area contributed by atoms with Gasteiger partial charge in [0.15, 0.2) is 0 Å². The van der Waals surface area contributed by atoms with Crippen molar-refractivity contribution in [2.75, 3.05) is 11.4 Å². The van der Waals surface area contributed by atoms with Gasteiger partial charge in [0.2, 0.25) is 0 Å². The minimum Gasteiger partial charge on any atom is -0.506 e. The molecule has 0 unspecified atom stereocenters. The molecule has 1 aliphatic rings. The Bertz CT molecular complexity index is 712. The second-order valence-electron chi connectivity index (χ2n) is 5.31. The van der Waals surface area contributed by atoms with E-state index in [9.17, 15) is 9.90 Å². The number of benzene rings is 2. The zero-order chi connectivity index (χ0) is 15.0. The van der Waals surface area contributed by atoms with E-state index in [0.29, 0.717) is 17.8 Å². The average molecular weight is 346 g/mol. The molecule has 0 bridgehead atoms. The third-order valence-electron chi connectivity index (χ3n) is 3.85. The molecular formula is C17H16BrNO2. The Balaban J connectivity index is 2.02. The van der Waals surface area contributed by atoms with Gasteiger partial charge in [-0.2, -0.15) is 0 Å². The number of phenolic OH excluding ortho intramolecular Hbond substituents is 1. The molecule has 1 aliphatic heterocycles. The molecule has 21 heavy (non-hydrogen) atoms. The van der Waals surface area contributed by atoms with Crippen molar-refractivity contribution in [2.45, 2.75) is 19.8 Å². The Morgan fingerprint density at radius 2 is 2.10 bits per heavy atom. The molecule has 0 radical (unpaired) electrons. The molecule has 2 aromatic carbocycles. The van der Waals surface area contributed by atoms with E-state index in [-0.39, 0.29) is 11.7 Å². The van der Waals surface area contributed by atoms with E-state index in [1.807, 2.05) is 37.3 Å². The van der Waals surface area contributed by atoms with E-state index in [0.717, 1.165) is 28.4 Å². The maximum absolute atomic E-state index is 12.8. The minimum atomic E-state index is -0.0620. The van der Waals surface area contributed by atoms with Gasteiger partial charge in [0.1, 0.15) is 5.75 Å². The lowest BCUT2D eigenvalue weighted by atomic mass is 10.00. The van der Waals surface area contributed by atoms with Gasteiger partial charge in [-0.15, -0.1) is 0 Å². The van der Waals surface area contributed by atoms with Gasteiger partial charge in [0.25, 0.3) is 5.91 Å². The second-order valence-corrected chi connectivity index (χ2v) is 6.16. The summed E-state index contributed by atoms with van der Waals surface area (Å²) in [6, 6.07) is 11.0. The summed E-state index contributed by atoms with van der Waals surface area (Å²) >= 11 is 3.45. The van der Waals surface area contributed by atoms with Crippen molar-refractivity contribution < 1.29 is 9.90 Å². The molecule has 2 aromatic rings. The van der Waals surface area contributed by atoms with E-state index >= 15 is 0 Å². The van der Waals surface area contributed by atoms with Crippen molar-refractivity contribution >= 4 is 27.5 Å². The summed E-state index contributed by atoms with van der Waals surface area (Å²) in [5.41, 5.74) is 3.36. The number of hydrogen-bond donors (Lipinski definition) is 1. The summed E-state index contributed by atoms with van der Waals surface area (Å²) in [6.45, 7) is 2.60. The summed E-state index contributed by atoms with van der Waals surface area (Å²) in [7, 11) is 0. The van der Waals surface area contributed by atoms with Crippen LogP contribution < -0.4 is 4.90 Å². The lowest BCUT2D eigenvalue weighted by Gasteiger charge is -2.30. The van der Waals surface area contributed by atoms with Gasteiger partial charge in [0.05, 0.1) is 5.69 Å². The number of phenols is 1. The van der Waals surface area contributed by atoms with Crippen molar-refractivity contribution in [1.29, 1.82) is 0 Å². The Hall–Kier alpha value is -1.81. The molecular weight excluding hydrogens is 330 g/mol. The molecule has 1 amide bonds. The standard InChI is InChI=1S/C17H16BrNO2/c1-11-10-13(7-8-14(11)18)17(21)19-9-3-5-12-4-2-6-15(20)16(12)19/h2,4,6-8,10,20H,3,5,9H2,1H3. The fourth-order valence-corrected chi connectivity index (χ4v) is 3.01. The van der Waals surface area contributed by atoms with E-state index in [1.54, 1.807) is 11.0 Å². The van der Waals surface area contributed by atoms with Crippen LogP contribution in [0.15, 0.2) is 40.9 Å². The fourth-order valence-electron chi connectivity index (χ4n) is 2.77. The summed E-state index contributed by atoms with van der Waals surface area (Å²) in [5, 5.41) is 10.1. The monoisotopic (exact) mass is 345 g/mol. The van der Waals surface area contributed by atoms with Crippen molar-refractivity contribution in [2.24, 2.45) is 0 Å². The van der Waals surface area contributed by atoms with E-state index in [4.69, 9.17) is 0 Å². The van der Waals surface area contributed by atoms with E-state index < -0.39 is 0 Å². The number of fused-ring (bicyclic) bond motifs is 1. The molecule has 0 spiro atoms. The number of hydrogen-bond acceptors (Lipinski definition) is 2. The third-order valence-corrected chi connectivity index (χ3v) is 4.74. The van der Waals surface area contributed by atoms with Crippen LogP contribution in [0.25, 0.3) is 0 Å². The van der Waals surface area contributed by atoms with Crippen molar-refractivity contribution in [1.82, 2.24) is 0 Å². The van der Waals surface area contributed by atoms with Crippen LogP contribution in [0.3, 0.4) is 0 Å². The van der Waals surface area contributed by atoms with Crippen LogP contribution >= 0.6 is 15.9 Å². The van der Waals surface area contributed by atoms with Gasteiger partial charge in [-0.1, -0.05) is 28.1 Å². The normalized spacial score (nSPS) is 13.9. The number of halogens is 1. The first-order chi connectivity index (χ1) is 10.1. The summed E-state index contributed by atoms with van der Waals surface area (Å²) in [4.78, 5) is 14.5. The Morgan fingerprint density at radius 3 is 2.86 bits per heavy atom. The van der Waals surface area contributed by atoms with Crippen LogP contribution in [0.2, 0.25) is 0 Å². The quantitative estimate of drug-likeness (QED) is 0.846. The largest absolute Gasteiger partial charge is 0.506 e. The van der Waals surface area contributed by atoms with Gasteiger partial charge in [-0.3, -0.25) is 4.79 Å². The number of rotatable bonds is 1. The van der Waals surface area contributed by atoms with Gasteiger partial charge in [-0.05, 0) is 55.2 Å². The molecule has 0 aliphatic carbocycles. The number of aromatic hydroxyl groups is 1. The molecule has 3 nitrogen and oxygen atoms in total. The molecule has 0 fully saturated rings. The minimum absolute atomic E-state index is 0.0620. The van der Waals surface area contributed by atoms with Crippen LogP contribution in [-0.2, 0) is 6.42 Å². The number of nitrogens with zero attached hydrogens (tertiary/aromatic N) is 1. The lowest BCUT2D eigenvalue weighted by molar-refractivity contribution is 0.0984.